The maximum Gasteiger partial charge on any atom is 0.251 e. The quantitative estimate of drug-likeness (QED) is 0.813. The van der Waals surface area contributed by atoms with Crippen LogP contribution in [0.4, 0.5) is 0 Å². The largest absolute Gasteiger partial charge is 0.310 e. The van der Waals surface area contributed by atoms with Crippen LogP contribution in [-0.4, -0.2) is 16.0 Å². The lowest BCUT2D eigenvalue weighted by molar-refractivity contribution is 0.680. The topological polar surface area (TPSA) is 57.8 Å². The second-order valence-electron chi connectivity index (χ2n) is 4.75. The minimum Gasteiger partial charge on any atom is -0.310 e. The minimum absolute atomic E-state index is 0.129. The van der Waals surface area contributed by atoms with Gasteiger partial charge in [-0.2, -0.15) is 0 Å². The van der Waals surface area contributed by atoms with E-state index in [-0.39, 0.29) is 5.56 Å². The van der Waals surface area contributed by atoms with E-state index < -0.39 is 0 Å². The summed E-state index contributed by atoms with van der Waals surface area (Å²) in [5.74, 6) is 0. The third-order valence-electron chi connectivity index (χ3n) is 3.04. The van der Waals surface area contributed by atoms with Crippen LogP contribution in [0.3, 0.4) is 0 Å². The summed E-state index contributed by atoms with van der Waals surface area (Å²) in [5, 5.41) is 4.12. The molecule has 0 unspecified atom stereocenters. The Bertz CT molecular complexity index is 669. The lowest BCUT2D eigenvalue weighted by atomic mass is 10.2. The van der Waals surface area contributed by atoms with Crippen molar-refractivity contribution in [1.29, 1.82) is 0 Å². The van der Waals surface area contributed by atoms with Crippen LogP contribution in [0, 0.1) is 0 Å². The van der Waals surface area contributed by atoms with Gasteiger partial charge in [0.15, 0.2) is 5.16 Å². The molecule has 4 nitrogen and oxygen atoms in total. The van der Waals surface area contributed by atoms with Crippen molar-refractivity contribution in [3.05, 3.63) is 50.9 Å². The normalized spacial score (nSPS) is 14.4. The Balaban J connectivity index is 1.82. The van der Waals surface area contributed by atoms with E-state index in [0.29, 0.717) is 11.2 Å². The van der Waals surface area contributed by atoms with Gasteiger partial charge >= 0.3 is 0 Å². The van der Waals surface area contributed by atoms with Crippen LogP contribution in [0.5, 0.6) is 0 Å². The molecular weight excluding hydrogens is 338 g/mol. The third-order valence-corrected chi connectivity index (χ3v) is 4.54. The number of rotatable bonds is 5. The highest BCUT2D eigenvalue weighted by Crippen LogP contribution is 2.30. The Kier molecular flexibility index (Phi) is 4.24. The summed E-state index contributed by atoms with van der Waals surface area (Å²) < 4.78 is 1.02. The summed E-state index contributed by atoms with van der Waals surface area (Å²) in [6.07, 6.45) is 4.07. The van der Waals surface area contributed by atoms with E-state index in [2.05, 4.69) is 43.3 Å². The molecule has 2 N–H and O–H groups in total. The van der Waals surface area contributed by atoms with Crippen LogP contribution >= 0.6 is 27.7 Å². The first-order valence-electron chi connectivity index (χ1n) is 6.46. The van der Waals surface area contributed by atoms with Gasteiger partial charge in [0.25, 0.3) is 5.56 Å². The Morgan fingerprint density at radius 2 is 2.25 bits per heavy atom. The highest BCUT2D eigenvalue weighted by atomic mass is 79.9. The summed E-state index contributed by atoms with van der Waals surface area (Å²) in [5.41, 5.74) is 1.09. The molecule has 0 saturated heterocycles. The monoisotopic (exact) mass is 351 g/mol. The van der Waals surface area contributed by atoms with E-state index in [1.54, 1.807) is 0 Å². The number of nitrogens with zero attached hydrogens (tertiary/aromatic N) is 1. The minimum atomic E-state index is -0.129. The molecule has 0 aliphatic heterocycles. The highest BCUT2D eigenvalue weighted by Gasteiger charge is 2.20. The Morgan fingerprint density at radius 1 is 1.40 bits per heavy atom. The van der Waals surface area contributed by atoms with Gasteiger partial charge in [0.2, 0.25) is 0 Å². The van der Waals surface area contributed by atoms with Crippen LogP contribution in [-0.2, 0) is 6.54 Å². The highest BCUT2D eigenvalue weighted by molar-refractivity contribution is 9.10. The summed E-state index contributed by atoms with van der Waals surface area (Å²) in [4.78, 5) is 19.3. The molecule has 1 aliphatic rings. The van der Waals surface area contributed by atoms with Gasteiger partial charge in [0, 0.05) is 34.2 Å². The van der Waals surface area contributed by atoms with Crippen molar-refractivity contribution in [2.45, 2.75) is 35.5 Å². The van der Waals surface area contributed by atoms with Crippen molar-refractivity contribution in [2.75, 3.05) is 0 Å². The smallest absolute Gasteiger partial charge is 0.251 e. The molecule has 0 amide bonds. The average molecular weight is 352 g/mol. The molecule has 0 atom stereocenters. The Labute approximate surface area is 129 Å². The van der Waals surface area contributed by atoms with Gasteiger partial charge in [-0.15, -0.1) is 0 Å². The van der Waals surface area contributed by atoms with Gasteiger partial charge in [-0.1, -0.05) is 33.8 Å². The Morgan fingerprint density at radius 3 is 3.00 bits per heavy atom. The van der Waals surface area contributed by atoms with Gasteiger partial charge in [-0.25, -0.2) is 4.98 Å². The van der Waals surface area contributed by atoms with E-state index in [1.807, 2.05) is 6.07 Å². The maximum atomic E-state index is 11.3. The lowest BCUT2D eigenvalue weighted by Crippen LogP contribution is -2.15. The molecular formula is C14H14BrN3OS. The fourth-order valence-electron chi connectivity index (χ4n) is 1.82. The van der Waals surface area contributed by atoms with E-state index in [0.717, 1.165) is 15.9 Å². The molecule has 1 heterocycles. The van der Waals surface area contributed by atoms with Crippen LogP contribution < -0.4 is 10.9 Å². The maximum absolute atomic E-state index is 11.3. The summed E-state index contributed by atoms with van der Waals surface area (Å²) in [6, 6.07) is 8.28. The Hall–Kier alpha value is -1.11. The van der Waals surface area contributed by atoms with E-state index in [4.69, 9.17) is 0 Å². The third kappa shape index (κ3) is 3.71. The summed E-state index contributed by atoms with van der Waals surface area (Å²) in [6.45, 7) is 0.845. The number of H-pyrrole nitrogens is 1. The van der Waals surface area contributed by atoms with Gasteiger partial charge in [-0.3, -0.25) is 4.79 Å². The lowest BCUT2D eigenvalue weighted by Gasteiger charge is -2.10. The number of aromatic nitrogens is 2. The molecule has 1 aromatic heterocycles. The summed E-state index contributed by atoms with van der Waals surface area (Å²) >= 11 is 4.97. The molecule has 0 bridgehead atoms. The number of nitrogens with one attached hydrogen (secondary N) is 2. The second kappa shape index (κ2) is 6.11. The van der Waals surface area contributed by atoms with Gasteiger partial charge in [-0.05, 0) is 30.5 Å². The summed E-state index contributed by atoms with van der Waals surface area (Å²) in [7, 11) is 0. The molecule has 1 aliphatic carbocycles. The fourth-order valence-corrected chi connectivity index (χ4v) is 3.26. The number of hydrogen-bond acceptors (Lipinski definition) is 4. The standard InChI is InChI=1S/C14H14BrN3OS/c15-10-2-1-9(8-17-11-3-4-11)12(7-10)20-14-16-6-5-13(19)18-14/h1-2,5-7,11,17H,3-4,8H2,(H,16,18,19). The number of aromatic amines is 1. The first-order chi connectivity index (χ1) is 9.70. The van der Waals surface area contributed by atoms with E-state index in [9.17, 15) is 4.79 Å². The van der Waals surface area contributed by atoms with Crippen molar-refractivity contribution in [2.24, 2.45) is 0 Å². The fraction of sp³-hybridized carbons (Fsp3) is 0.286. The second-order valence-corrected chi connectivity index (χ2v) is 6.69. The van der Waals surface area contributed by atoms with Crippen molar-refractivity contribution in [3.8, 4) is 0 Å². The molecule has 0 spiro atoms. The van der Waals surface area contributed by atoms with E-state index in [1.165, 1.54) is 42.4 Å². The number of hydrogen-bond donors (Lipinski definition) is 2. The van der Waals surface area contributed by atoms with Crippen molar-refractivity contribution in [3.63, 3.8) is 0 Å². The molecule has 0 radical (unpaired) electrons. The predicted octanol–water partition coefficient (Wildman–Crippen LogP) is 2.94. The van der Waals surface area contributed by atoms with Gasteiger partial charge < -0.3 is 10.3 Å². The first-order valence-corrected chi connectivity index (χ1v) is 8.06. The van der Waals surface area contributed by atoms with Crippen LogP contribution in [0.25, 0.3) is 0 Å². The van der Waals surface area contributed by atoms with Crippen molar-refractivity contribution in [1.82, 2.24) is 15.3 Å². The molecule has 20 heavy (non-hydrogen) atoms. The zero-order chi connectivity index (χ0) is 13.9. The first kappa shape index (κ1) is 13.9. The molecule has 1 aromatic carbocycles. The van der Waals surface area contributed by atoms with Gasteiger partial charge in [0.1, 0.15) is 0 Å². The molecule has 6 heteroatoms. The molecule has 1 fully saturated rings. The molecule has 1 saturated carbocycles. The zero-order valence-electron chi connectivity index (χ0n) is 10.7. The number of benzene rings is 1. The zero-order valence-corrected chi connectivity index (χ0v) is 13.1. The van der Waals surface area contributed by atoms with Crippen LogP contribution in [0.15, 0.2) is 49.8 Å². The van der Waals surface area contributed by atoms with Crippen LogP contribution in [0.1, 0.15) is 18.4 Å². The SMILES string of the molecule is O=c1ccnc(Sc2cc(Br)ccc2CNC2CC2)[nH]1. The molecule has 2 aromatic rings. The molecule has 104 valence electrons. The predicted molar refractivity (Wildman–Crippen MR) is 83.0 cm³/mol. The van der Waals surface area contributed by atoms with Gasteiger partial charge in [0.05, 0.1) is 0 Å². The van der Waals surface area contributed by atoms with E-state index >= 15 is 0 Å². The van der Waals surface area contributed by atoms with Crippen molar-refractivity contribution >= 4 is 27.7 Å². The molecule has 3 rings (SSSR count). The van der Waals surface area contributed by atoms with Crippen molar-refractivity contribution < 1.29 is 0 Å². The number of halogens is 1. The average Bonchev–Trinajstić information content (AvgIpc) is 3.22. The van der Waals surface area contributed by atoms with Crippen LogP contribution in [0.2, 0.25) is 0 Å².